The molecule has 0 saturated carbocycles. The van der Waals surface area contributed by atoms with Gasteiger partial charge >= 0.3 is 5.97 Å². The van der Waals surface area contributed by atoms with Gasteiger partial charge in [-0.2, -0.15) is 0 Å². The molecule has 1 aromatic heterocycles. The third-order valence-electron chi connectivity index (χ3n) is 3.95. The van der Waals surface area contributed by atoms with Crippen LogP contribution in [0.1, 0.15) is 30.4 Å². The van der Waals surface area contributed by atoms with Crippen LogP contribution < -0.4 is 0 Å². The minimum Gasteiger partial charge on any atom is -0.461 e. The Morgan fingerprint density at radius 3 is 2.65 bits per heavy atom. The van der Waals surface area contributed by atoms with Crippen molar-refractivity contribution in [2.24, 2.45) is 0 Å². The molecule has 23 heavy (non-hydrogen) atoms. The molecule has 0 aliphatic carbocycles. The van der Waals surface area contributed by atoms with Gasteiger partial charge in [-0.1, -0.05) is 36.4 Å². The molecule has 0 unspecified atom stereocenters. The third-order valence-corrected chi connectivity index (χ3v) is 3.95. The van der Waals surface area contributed by atoms with Crippen LogP contribution in [-0.4, -0.2) is 24.0 Å². The van der Waals surface area contributed by atoms with Gasteiger partial charge in [0.05, 0.1) is 6.54 Å². The lowest BCUT2D eigenvalue weighted by Gasteiger charge is -2.25. The SMILES string of the molecule is CC(=O)OCc1ccc(CN2CC=C(c3ccccc3)CC2)o1. The van der Waals surface area contributed by atoms with Crippen molar-refractivity contribution in [1.82, 2.24) is 4.90 Å². The Hall–Kier alpha value is -2.33. The van der Waals surface area contributed by atoms with Crippen molar-refractivity contribution in [2.45, 2.75) is 26.5 Å². The molecule has 0 bridgehead atoms. The van der Waals surface area contributed by atoms with Crippen LogP contribution in [-0.2, 0) is 22.7 Å². The van der Waals surface area contributed by atoms with Crippen LogP contribution in [0.25, 0.3) is 5.57 Å². The van der Waals surface area contributed by atoms with Gasteiger partial charge in [0, 0.05) is 20.0 Å². The van der Waals surface area contributed by atoms with E-state index in [9.17, 15) is 4.79 Å². The lowest BCUT2D eigenvalue weighted by Crippen LogP contribution is -2.27. The quantitative estimate of drug-likeness (QED) is 0.791. The largest absolute Gasteiger partial charge is 0.461 e. The van der Waals surface area contributed by atoms with Crippen LogP contribution in [0.4, 0.5) is 0 Å². The minimum absolute atomic E-state index is 0.202. The topological polar surface area (TPSA) is 42.7 Å². The Balaban J connectivity index is 1.54. The number of carbonyl (C=O) groups excluding carboxylic acids is 1. The van der Waals surface area contributed by atoms with Gasteiger partial charge < -0.3 is 9.15 Å². The summed E-state index contributed by atoms with van der Waals surface area (Å²) < 4.78 is 10.6. The van der Waals surface area contributed by atoms with Gasteiger partial charge in [0.2, 0.25) is 0 Å². The highest BCUT2D eigenvalue weighted by molar-refractivity contribution is 5.66. The maximum Gasteiger partial charge on any atom is 0.303 e. The van der Waals surface area contributed by atoms with E-state index in [0.29, 0.717) is 5.76 Å². The van der Waals surface area contributed by atoms with Crippen molar-refractivity contribution in [3.63, 3.8) is 0 Å². The highest BCUT2D eigenvalue weighted by Gasteiger charge is 2.14. The number of furan rings is 1. The Morgan fingerprint density at radius 1 is 1.17 bits per heavy atom. The maximum absolute atomic E-state index is 10.8. The first-order chi connectivity index (χ1) is 11.2. The van der Waals surface area contributed by atoms with Crippen LogP contribution in [0.15, 0.2) is 53.0 Å². The van der Waals surface area contributed by atoms with Crippen molar-refractivity contribution in [3.05, 3.63) is 65.6 Å². The minimum atomic E-state index is -0.294. The van der Waals surface area contributed by atoms with Gasteiger partial charge in [-0.15, -0.1) is 0 Å². The summed E-state index contributed by atoms with van der Waals surface area (Å²) in [6, 6.07) is 14.4. The standard InChI is InChI=1S/C19H21NO3/c1-15(21)22-14-19-8-7-18(23-19)13-20-11-9-17(10-12-20)16-5-3-2-4-6-16/h2-9H,10-14H2,1H3. The van der Waals surface area contributed by atoms with Gasteiger partial charge in [0.15, 0.2) is 0 Å². The van der Waals surface area contributed by atoms with E-state index in [1.165, 1.54) is 18.1 Å². The molecule has 0 amide bonds. The van der Waals surface area contributed by atoms with Crippen molar-refractivity contribution in [2.75, 3.05) is 13.1 Å². The van der Waals surface area contributed by atoms with Crippen LogP contribution in [0.2, 0.25) is 0 Å². The number of ether oxygens (including phenoxy) is 1. The molecule has 3 rings (SSSR count). The van der Waals surface area contributed by atoms with E-state index in [4.69, 9.17) is 9.15 Å². The second kappa shape index (κ2) is 7.29. The molecule has 0 N–H and O–H groups in total. The van der Waals surface area contributed by atoms with E-state index in [1.54, 1.807) is 0 Å². The normalized spacial score (nSPS) is 15.3. The molecule has 0 spiro atoms. The molecule has 0 radical (unpaired) electrons. The van der Waals surface area contributed by atoms with Crippen molar-refractivity contribution in [3.8, 4) is 0 Å². The first-order valence-corrected chi connectivity index (χ1v) is 7.88. The average Bonchev–Trinajstić information content (AvgIpc) is 3.02. The monoisotopic (exact) mass is 311 g/mol. The van der Waals surface area contributed by atoms with Gasteiger partial charge in [-0.3, -0.25) is 9.69 Å². The van der Waals surface area contributed by atoms with E-state index < -0.39 is 0 Å². The summed E-state index contributed by atoms with van der Waals surface area (Å²) in [5, 5.41) is 0. The van der Waals surface area contributed by atoms with E-state index >= 15 is 0 Å². The lowest BCUT2D eigenvalue weighted by molar-refractivity contribution is -0.142. The van der Waals surface area contributed by atoms with E-state index in [2.05, 4.69) is 35.2 Å². The number of rotatable bonds is 5. The number of esters is 1. The smallest absolute Gasteiger partial charge is 0.303 e. The fourth-order valence-corrected chi connectivity index (χ4v) is 2.75. The fraction of sp³-hybridized carbons (Fsp3) is 0.316. The highest BCUT2D eigenvalue weighted by Crippen LogP contribution is 2.23. The molecule has 4 heteroatoms. The first kappa shape index (κ1) is 15.6. The van der Waals surface area contributed by atoms with E-state index in [1.807, 2.05) is 18.2 Å². The molecule has 0 saturated heterocycles. The molecular formula is C19H21NO3. The summed E-state index contributed by atoms with van der Waals surface area (Å²) in [7, 11) is 0. The number of benzene rings is 1. The predicted molar refractivity (Wildman–Crippen MR) is 88.5 cm³/mol. The average molecular weight is 311 g/mol. The summed E-state index contributed by atoms with van der Waals surface area (Å²) in [6.07, 6.45) is 3.34. The number of nitrogens with zero attached hydrogens (tertiary/aromatic N) is 1. The van der Waals surface area contributed by atoms with Crippen molar-refractivity contribution >= 4 is 11.5 Å². The number of hydrogen-bond acceptors (Lipinski definition) is 4. The molecule has 1 aromatic carbocycles. The molecule has 2 aromatic rings. The zero-order valence-electron chi connectivity index (χ0n) is 13.3. The maximum atomic E-state index is 10.8. The van der Waals surface area contributed by atoms with Crippen LogP contribution in [0, 0.1) is 0 Å². The molecule has 2 heterocycles. The summed E-state index contributed by atoms with van der Waals surface area (Å²) in [4.78, 5) is 13.2. The summed E-state index contributed by atoms with van der Waals surface area (Å²) >= 11 is 0. The molecular weight excluding hydrogens is 290 g/mol. The van der Waals surface area contributed by atoms with Crippen LogP contribution in [0.3, 0.4) is 0 Å². The van der Waals surface area contributed by atoms with E-state index in [-0.39, 0.29) is 12.6 Å². The Morgan fingerprint density at radius 2 is 1.96 bits per heavy atom. The molecule has 0 atom stereocenters. The number of carbonyl (C=O) groups is 1. The molecule has 1 aliphatic rings. The second-order valence-electron chi connectivity index (χ2n) is 5.73. The zero-order chi connectivity index (χ0) is 16.1. The predicted octanol–water partition coefficient (Wildman–Crippen LogP) is 3.63. The fourth-order valence-electron chi connectivity index (χ4n) is 2.75. The first-order valence-electron chi connectivity index (χ1n) is 7.88. The van der Waals surface area contributed by atoms with Crippen molar-refractivity contribution in [1.29, 1.82) is 0 Å². The second-order valence-corrected chi connectivity index (χ2v) is 5.73. The van der Waals surface area contributed by atoms with Crippen LogP contribution in [0.5, 0.6) is 0 Å². The Labute approximate surface area is 136 Å². The van der Waals surface area contributed by atoms with Gasteiger partial charge in [0.1, 0.15) is 18.1 Å². The van der Waals surface area contributed by atoms with Gasteiger partial charge in [-0.05, 0) is 29.7 Å². The third kappa shape index (κ3) is 4.33. The van der Waals surface area contributed by atoms with Gasteiger partial charge in [-0.25, -0.2) is 0 Å². The van der Waals surface area contributed by atoms with Crippen molar-refractivity contribution < 1.29 is 13.9 Å². The summed E-state index contributed by atoms with van der Waals surface area (Å²) in [5.41, 5.74) is 2.73. The Kier molecular flexibility index (Phi) is 4.93. The lowest BCUT2D eigenvalue weighted by atomic mass is 9.99. The summed E-state index contributed by atoms with van der Waals surface area (Å²) in [6.45, 7) is 4.31. The Bertz CT molecular complexity index is 688. The van der Waals surface area contributed by atoms with Gasteiger partial charge in [0.25, 0.3) is 0 Å². The number of hydrogen-bond donors (Lipinski definition) is 0. The molecule has 1 aliphatic heterocycles. The molecule has 0 fully saturated rings. The van der Waals surface area contributed by atoms with E-state index in [0.717, 1.165) is 31.8 Å². The summed E-state index contributed by atoms with van der Waals surface area (Å²) in [5.74, 6) is 1.30. The van der Waals surface area contributed by atoms with Crippen LogP contribution >= 0.6 is 0 Å². The highest BCUT2D eigenvalue weighted by atomic mass is 16.5. The zero-order valence-corrected chi connectivity index (χ0v) is 13.3. The molecule has 4 nitrogen and oxygen atoms in total. The molecule has 120 valence electrons.